The highest BCUT2D eigenvalue weighted by atomic mass is 16.5. The lowest BCUT2D eigenvalue weighted by molar-refractivity contribution is -0.132. The van der Waals surface area contributed by atoms with Gasteiger partial charge in [-0.15, -0.1) is 0 Å². The van der Waals surface area contributed by atoms with Gasteiger partial charge in [0.25, 0.3) is 5.91 Å². The number of primary amides is 1. The van der Waals surface area contributed by atoms with Gasteiger partial charge in [-0.25, -0.2) is 0 Å². The zero-order chi connectivity index (χ0) is 19.9. The molecular formula is C21H23N3O4. The van der Waals surface area contributed by atoms with E-state index < -0.39 is 18.1 Å². The van der Waals surface area contributed by atoms with Crippen molar-refractivity contribution in [3.05, 3.63) is 65.7 Å². The molecule has 3 amide bonds. The first kappa shape index (κ1) is 19.4. The monoisotopic (exact) mass is 381 g/mol. The van der Waals surface area contributed by atoms with E-state index in [1.54, 1.807) is 0 Å². The van der Waals surface area contributed by atoms with Crippen LogP contribution in [0.2, 0.25) is 0 Å². The lowest BCUT2D eigenvalue weighted by atomic mass is 10.0. The minimum atomic E-state index is -0.782. The minimum absolute atomic E-state index is 0.0405. The molecule has 2 aromatic rings. The molecule has 4 N–H and O–H groups in total. The van der Waals surface area contributed by atoms with Gasteiger partial charge in [-0.3, -0.25) is 14.4 Å². The van der Waals surface area contributed by atoms with Crippen LogP contribution in [0.1, 0.15) is 17.5 Å². The quantitative estimate of drug-likeness (QED) is 0.625. The third-order valence-corrected chi connectivity index (χ3v) is 4.53. The largest absolute Gasteiger partial charge is 0.480 e. The van der Waals surface area contributed by atoms with Crippen molar-refractivity contribution in [2.24, 2.45) is 5.73 Å². The second kappa shape index (κ2) is 9.03. The summed E-state index contributed by atoms with van der Waals surface area (Å²) in [5.74, 6) is -0.523. The highest BCUT2D eigenvalue weighted by molar-refractivity contribution is 5.90. The first-order valence-electron chi connectivity index (χ1n) is 9.18. The molecule has 1 aliphatic heterocycles. The number of carbonyl (C=O) groups excluding carboxylic acids is 3. The van der Waals surface area contributed by atoms with Crippen molar-refractivity contribution in [2.75, 3.05) is 6.54 Å². The molecule has 7 nitrogen and oxygen atoms in total. The van der Waals surface area contributed by atoms with E-state index in [2.05, 4.69) is 10.6 Å². The van der Waals surface area contributed by atoms with Crippen LogP contribution < -0.4 is 21.1 Å². The molecule has 146 valence electrons. The number of nitrogens with one attached hydrogen (secondary N) is 2. The van der Waals surface area contributed by atoms with E-state index in [-0.39, 0.29) is 24.8 Å². The first-order valence-corrected chi connectivity index (χ1v) is 9.18. The summed E-state index contributed by atoms with van der Waals surface area (Å²) in [6, 6.07) is 16.1. The van der Waals surface area contributed by atoms with E-state index in [1.807, 2.05) is 54.6 Å². The Kier molecular flexibility index (Phi) is 6.26. The van der Waals surface area contributed by atoms with Gasteiger partial charge in [0, 0.05) is 25.8 Å². The lowest BCUT2D eigenvalue weighted by Gasteiger charge is -2.20. The maximum atomic E-state index is 12.7. The van der Waals surface area contributed by atoms with E-state index in [9.17, 15) is 14.4 Å². The topological polar surface area (TPSA) is 111 Å². The zero-order valence-corrected chi connectivity index (χ0v) is 15.4. The van der Waals surface area contributed by atoms with Crippen molar-refractivity contribution in [2.45, 2.75) is 31.4 Å². The Labute approximate surface area is 163 Å². The van der Waals surface area contributed by atoms with Crippen LogP contribution in [0.4, 0.5) is 0 Å². The van der Waals surface area contributed by atoms with Gasteiger partial charge in [0.15, 0.2) is 6.10 Å². The predicted molar refractivity (Wildman–Crippen MR) is 103 cm³/mol. The van der Waals surface area contributed by atoms with Gasteiger partial charge < -0.3 is 21.1 Å². The lowest BCUT2D eigenvalue weighted by Crippen LogP contribution is -2.51. The minimum Gasteiger partial charge on any atom is -0.480 e. The number of para-hydroxylation sites is 1. The number of amides is 3. The number of rotatable bonds is 8. The van der Waals surface area contributed by atoms with E-state index in [1.165, 1.54) is 0 Å². The second-order valence-electron chi connectivity index (χ2n) is 6.68. The van der Waals surface area contributed by atoms with Gasteiger partial charge in [0.05, 0.1) is 0 Å². The number of carbonyl (C=O) groups is 3. The van der Waals surface area contributed by atoms with Gasteiger partial charge >= 0.3 is 0 Å². The Bertz CT molecular complexity index is 829. The van der Waals surface area contributed by atoms with Crippen molar-refractivity contribution in [1.82, 2.24) is 10.6 Å². The summed E-state index contributed by atoms with van der Waals surface area (Å²) in [7, 11) is 0. The number of hydrogen-bond donors (Lipinski definition) is 3. The van der Waals surface area contributed by atoms with Crippen LogP contribution in [0, 0.1) is 0 Å². The summed E-state index contributed by atoms with van der Waals surface area (Å²) >= 11 is 0. The average molecular weight is 381 g/mol. The number of nitrogens with two attached hydrogens (primary N) is 1. The molecule has 0 unspecified atom stereocenters. The zero-order valence-electron chi connectivity index (χ0n) is 15.4. The molecule has 0 fully saturated rings. The van der Waals surface area contributed by atoms with Crippen LogP contribution in [0.15, 0.2) is 54.6 Å². The summed E-state index contributed by atoms with van der Waals surface area (Å²) in [5, 5.41) is 5.44. The molecule has 0 spiro atoms. The molecule has 0 radical (unpaired) electrons. The molecule has 0 bridgehead atoms. The molecule has 0 aromatic heterocycles. The van der Waals surface area contributed by atoms with Gasteiger partial charge in [-0.05, 0) is 17.2 Å². The third-order valence-electron chi connectivity index (χ3n) is 4.53. The molecule has 0 saturated heterocycles. The Balaban J connectivity index is 1.65. The molecule has 2 aromatic carbocycles. The molecular weight excluding hydrogens is 358 g/mol. The molecule has 3 rings (SSSR count). The Morgan fingerprint density at radius 3 is 2.50 bits per heavy atom. The maximum Gasteiger partial charge on any atom is 0.262 e. The normalized spacial score (nSPS) is 15.8. The fourth-order valence-electron chi connectivity index (χ4n) is 3.08. The van der Waals surface area contributed by atoms with E-state index in [0.29, 0.717) is 18.6 Å². The standard InChI is InChI=1S/C21H23N3O4/c22-19(25)10-11-23-20(26)16(12-14-6-2-1-3-7-14)24-21(27)18-13-15-8-4-5-9-17(15)28-18/h1-9,16,18H,10-13H2,(H2,22,25)(H,23,26)(H,24,27)/t16-,18+/m0/s1. The van der Waals surface area contributed by atoms with E-state index in [0.717, 1.165) is 11.1 Å². The van der Waals surface area contributed by atoms with Crippen LogP contribution >= 0.6 is 0 Å². The Hall–Kier alpha value is -3.35. The Morgan fingerprint density at radius 2 is 1.79 bits per heavy atom. The highest BCUT2D eigenvalue weighted by Gasteiger charge is 2.31. The van der Waals surface area contributed by atoms with Crippen molar-refractivity contribution < 1.29 is 19.1 Å². The van der Waals surface area contributed by atoms with Crippen LogP contribution in [0.25, 0.3) is 0 Å². The smallest absolute Gasteiger partial charge is 0.262 e. The second-order valence-corrected chi connectivity index (χ2v) is 6.68. The molecule has 2 atom stereocenters. The SMILES string of the molecule is NC(=O)CCNC(=O)[C@H](Cc1ccccc1)NC(=O)[C@H]1Cc2ccccc2O1. The summed E-state index contributed by atoms with van der Waals surface area (Å²) in [6.45, 7) is 0.126. The van der Waals surface area contributed by atoms with Crippen molar-refractivity contribution >= 4 is 17.7 Å². The van der Waals surface area contributed by atoms with Crippen LogP contribution in [0.5, 0.6) is 5.75 Å². The average Bonchev–Trinajstić information content (AvgIpc) is 3.12. The summed E-state index contributed by atoms with van der Waals surface area (Å²) in [5.41, 5.74) is 6.98. The molecule has 1 heterocycles. The number of fused-ring (bicyclic) bond motifs is 1. The van der Waals surface area contributed by atoms with Crippen LogP contribution in [0.3, 0.4) is 0 Å². The molecule has 0 saturated carbocycles. The molecule has 7 heteroatoms. The molecule has 28 heavy (non-hydrogen) atoms. The van der Waals surface area contributed by atoms with Gasteiger partial charge in [0.1, 0.15) is 11.8 Å². The molecule has 1 aliphatic rings. The Morgan fingerprint density at radius 1 is 1.07 bits per heavy atom. The summed E-state index contributed by atoms with van der Waals surface area (Å²) in [6.07, 6.45) is 0.158. The van der Waals surface area contributed by atoms with Gasteiger partial charge in [-0.1, -0.05) is 48.5 Å². The van der Waals surface area contributed by atoms with Crippen LogP contribution in [-0.4, -0.2) is 36.4 Å². The maximum absolute atomic E-state index is 12.7. The van der Waals surface area contributed by atoms with E-state index >= 15 is 0 Å². The van der Waals surface area contributed by atoms with Crippen LogP contribution in [-0.2, 0) is 27.2 Å². The number of benzene rings is 2. The summed E-state index contributed by atoms with van der Waals surface area (Å²) < 4.78 is 5.71. The number of ether oxygens (including phenoxy) is 1. The predicted octanol–water partition coefficient (Wildman–Crippen LogP) is 0.709. The van der Waals surface area contributed by atoms with Crippen molar-refractivity contribution in [1.29, 1.82) is 0 Å². The van der Waals surface area contributed by atoms with E-state index in [4.69, 9.17) is 10.5 Å². The first-order chi connectivity index (χ1) is 13.5. The van der Waals surface area contributed by atoms with Crippen molar-refractivity contribution in [3.8, 4) is 5.75 Å². The van der Waals surface area contributed by atoms with Gasteiger partial charge in [0.2, 0.25) is 11.8 Å². The highest BCUT2D eigenvalue weighted by Crippen LogP contribution is 2.28. The molecule has 0 aliphatic carbocycles. The van der Waals surface area contributed by atoms with Crippen molar-refractivity contribution in [3.63, 3.8) is 0 Å². The number of hydrogen-bond acceptors (Lipinski definition) is 4. The van der Waals surface area contributed by atoms with Gasteiger partial charge in [-0.2, -0.15) is 0 Å². The third kappa shape index (κ3) is 5.09. The fourth-order valence-corrected chi connectivity index (χ4v) is 3.08. The summed E-state index contributed by atoms with van der Waals surface area (Å²) in [4.78, 5) is 36.2. The fraction of sp³-hybridized carbons (Fsp3) is 0.286.